The second kappa shape index (κ2) is 3.57. The first-order chi connectivity index (χ1) is 7.88. The Bertz CT molecular complexity index is 576. The van der Waals surface area contributed by atoms with Crippen LogP contribution >= 0.6 is 0 Å². The Morgan fingerprint density at radius 2 is 2.06 bits per heavy atom. The number of methoxy groups -OCH3 is 1. The first-order valence-electron chi connectivity index (χ1n) is 4.53. The summed E-state index contributed by atoms with van der Waals surface area (Å²) < 4.78 is 58.3. The lowest BCUT2D eigenvalue weighted by molar-refractivity contribution is -0.657. The van der Waals surface area contributed by atoms with E-state index in [0.29, 0.717) is 4.40 Å². The zero-order valence-corrected chi connectivity index (χ0v) is 8.92. The molecule has 0 spiro atoms. The number of hydrogen-bond donors (Lipinski definition) is 0. The minimum absolute atomic E-state index is 0.0207. The van der Waals surface area contributed by atoms with Crippen molar-refractivity contribution in [3.8, 4) is 5.88 Å². The summed E-state index contributed by atoms with van der Waals surface area (Å²) in [6.45, 7) is 0. The third-order valence-corrected chi connectivity index (χ3v) is 2.33. The van der Waals surface area contributed by atoms with Crippen molar-refractivity contribution in [1.82, 2.24) is 9.38 Å². The fourth-order valence-corrected chi connectivity index (χ4v) is 1.64. The van der Waals surface area contributed by atoms with Crippen LogP contribution in [0.1, 0.15) is 5.56 Å². The van der Waals surface area contributed by atoms with Crippen LogP contribution in [0.4, 0.5) is 17.6 Å². The Hall–Kier alpha value is -1.86. The molecule has 17 heavy (non-hydrogen) atoms. The Morgan fingerprint density at radius 1 is 1.41 bits per heavy atom. The summed E-state index contributed by atoms with van der Waals surface area (Å²) in [6.07, 6.45) is -2.52. The number of ether oxygens (including phenoxy) is 1. The molecule has 0 N–H and O–H groups in total. The van der Waals surface area contributed by atoms with Crippen molar-refractivity contribution < 1.29 is 26.9 Å². The molecule has 2 heterocycles. The van der Waals surface area contributed by atoms with E-state index in [0.717, 1.165) is 17.9 Å². The van der Waals surface area contributed by atoms with Crippen LogP contribution in [0.2, 0.25) is 0 Å². The smallest absolute Gasteiger partial charge is 0.428 e. The Kier molecular flexibility index (Phi) is 2.44. The van der Waals surface area contributed by atoms with Gasteiger partial charge in [0, 0.05) is 0 Å². The number of aromatic nitrogens is 3. The zero-order valence-electron chi connectivity index (χ0n) is 8.92. The topological polar surface area (TPSA) is 30.4 Å². The number of imidazole rings is 1. The van der Waals surface area contributed by atoms with E-state index < -0.39 is 23.6 Å². The van der Waals surface area contributed by atoms with Gasteiger partial charge in [0.25, 0.3) is 11.8 Å². The summed E-state index contributed by atoms with van der Waals surface area (Å²) in [6, 6.07) is 0. The predicted octanol–water partition coefficient (Wildman–Crippen LogP) is 1.33. The summed E-state index contributed by atoms with van der Waals surface area (Å²) >= 11 is 0. The van der Waals surface area contributed by atoms with Gasteiger partial charge < -0.3 is 4.74 Å². The number of nitrogens with zero attached hydrogens (tertiary/aromatic N) is 3. The highest BCUT2D eigenvalue weighted by Gasteiger charge is 2.44. The third-order valence-electron chi connectivity index (χ3n) is 2.33. The number of halogens is 4. The molecule has 2 aromatic heterocycles. The summed E-state index contributed by atoms with van der Waals surface area (Å²) in [7, 11) is 2.36. The van der Waals surface area contributed by atoms with E-state index in [-0.39, 0.29) is 5.78 Å². The molecule has 92 valence electrons. The van der Waals surface area contributed by atoms with Gasteiger partial charge in [-0.1, -0.05) is 4.98 Å². The van der Waals surface area contributed by atoms with Crippen molar-refractivity contribution in [3.05, 3.63) is 23.9 Å². The van der Waals surface area contributed by atoms with E-state index >= 15 is 0 Å². The predicted molar refractivity (Wildman–Crippen MR) is 47.9 cm³/mol. The molecule has 0 saturated heterocycles. The van der Waals surface area contributed by atoms with Crippen molar-refractivity contribution in [1.29, 1.82) is 0 Å². The molecule has 2 rings (SSSR count). The molecule has 0 amide bonds. The first kappa shape index (κ1) is 11.6. The number of hydrogen-bond acceptors (Lipinski definition) is 2. The SMILES string of the molecule is COc1c(C(F)(F)F)c(F)n2ccnc2[n+]1C. The molecule has 0 atom stereocenters. The molecular formula is C9H8F4N3O+. The molecule has 0 fully saturated rings. The maximum absolute atomic E-state index is 13.7. The van der Waals surface area contributed by atoms with E-state index in [1.165, 1.54) is 13.2 Å². The van der Waals surface area contributed by atoms with Crippen LogP contribution in [0.5, 0.6) is 5.88 Å². The number of fused-ring (bicyclic) bond motifs is 1. The molecule has 0 aliphatic rings. The van der Waals surface area contributed by atoms with E-state index in [2.05, 4.69) is 9.72 Å². The molecule has 0 unspecified atom stereocenters. The first-order valence-corrected chi connectivity index (χ1v) is 4.53. The summed E-state index contributed by atoms with van der Waals surface area (Å²) in [5, 5.41) is 0. The van der Waals surface area contributed by atoms with Crippen molar-refractivity contribution >= 4 is 5.78 Å². The molecule has 0 saturated carbocycles. The molecule has 2 aromatic rings. The van der Waals surface area contributed by atoms with Gasteiger partial charge in [-0.2, -0.15) is 26.5 Å². The summed E-state index contributed by atoms with van der Waals surface area (Å²) in [5.41, 5.74) is -1.45. The highest BCUT2D eigenvalue weighted by molar-refractivity contribution is 5.32. The second-order valence-electron chi connectivity index (χ2n) is 3.33. The average Bonchev–Trinajstić information content (AvgIpc) is 2.70. The molecule has 0 bridgehead atoms. The maximum atomic E-state index is 13.7. The van der Waals surface area contributed by atoms with Crippen LogP contribution in [0, 0.1) is 5.95 Å². The molecular weight excluding hydrogens is 242 g/mol. The quantitative estimate of drug-likeness (QED) is 0.434. The van der Waals surface area contributed by atoms with Crippen molar-refractivity contribution in [2.75, 3.05) is 7.11 Å². The number of aryl methyl sites for hydroxylation is 1. The van der Waals surface area contributed by atoms with Gasteiger partial charge in [-0.05, 0) is 0 Å². The van der Waals surface area contributed by atoms with Gasteiger partial charge in [0.1, 0.15) is 12.4 Å². The van der Waals surface area contributed by atoms with Crippen molar-refractivity contribution in [3.63, 3.8) is 0 Å². The van der Waals surface area contributed by atoms with Crippen LogP contribution in [-0.4, -0.2) is 16.5 Å². The molecule has 0 radical (unpaired) electrons. The average molecular weight is 250 g/mol. The van der Waals surface area contributed by atoms with E-state index in [1.807, 2.05) is 0 Å². The Balaban J connectivity index is 2.94. The monoisotopic (exact) mass is 250 g/mol. The zero-order chi connectivity index (χ0) is 12.8. The van der Waals surface area contributed by atoms with Gasteiger partial charge in [-0.3, -0.25) is 0 Å². The highest BCUT2D eigenvalue weighted by atomic mass is 19.4. The molecule has 0 aliphatic carbocycles. The van der Waals surface area contributed by atoms with Crippen LogP contribution in [-0.2, 0) is 13.2 Å². The molecule has 0 aliphatic heterocycles. The number of rotatable bonds is 1. The van der Waals surface area contributed by atoms with Crippen LogP contribution < -0.4 is 9.30 Å². The third kappa shape index (κ3) is 1.60. The fourth-order valence-electron chi connectivity index (χ4n) is 1.64. The van der Waals surface area contributed by atoms with E-state index in [4.69, 9.17) is 0 Å². The van der Waals surface area contributed by atoms with Gasteiger partial charge in [-0.25, -0.2) is 0 Å². The lowest BCUT2D eigenvalue weighted by atomic mass is 10.3. The lowest BCUT2D eigenvalue weighted by Gasteiger charge is -2.12. The Morgan fingerprint density at radius 3 is 2.59 bits per heavy atom. The number of alkyl halides is 3. The minimum Gasteiger partial charge on any atom is -0.471 e. The standard InChI is InChI=1S/C9H8F4N3O/c1-15-7(17-2)5(9(11,12)13)6(10)16-4-3-14-8(15)16/h3-4H,1-2H3/q+1. The van der Waals surface area contributed by atoms with E-state index in [9.17, 15) is 17.6 Å². The van der Waals surface area contributed by atoms with Gasteiger partial charge in [0.15, 0.2) is 0 Å². The van der Waals surface area contributed by atoms with Gasteiger partial charge >= 0.3 is 12.0 Å². The van der Waals surface area contributed by atoms with Gasteiger partial charge in [0.2, 0.25) is 5.56 Å². The molecule has 4 nitrogen and oxygen atoms in total. The Labute approximate surface area is 93.1 Å². The lowest BCUT2D eigenvalue weighted by Crippen LogP contribution is -2.37. The van der Waals surface area contributed by atoms with Gasteiger partial charge in [0.05, 0.1) is 14.2 Å². The van der Waals surface area contributed by atoms with Gasteiger partial charge in [-0.15, -0.1) is 0 Å². The van der Waals surface area contributed by atoms with Crippen LogP contribution in [0.15, 0.2) is 12.4 Å². The van der Waals surface area contributed by atoms with E-state index in [1.54, 1.807) is 0 Å². The van der Waals surface area contributed by atoms with Crippen molar-refractivity contribution in [2.45, 2.75) is 6.18 Å². The normalized spacial score (nSPS) is 12.1. The van der Waals surface area contributed by atoms with Crippen LogP contribution in [0.25, 0.3) is 5.78 Å². The largest absolute Gasteiger partial charge is 0.471 e. The fraction of sp³-hybridized carbons (Fsp3) is 0.333. The van der Waals surface area contributed by atoms with Crippen molar-refractivity contribution in [2.24, 2.45) is 7.05 Å². The van der Waals surface area contributed by atoms with Crippen LogP contribution in [0.3, 0.4) is 0 Å². The highest BCUT2D eigenvalue weighted by Crippen LogP contribution is 2.36. The summed E-state index contributed by atoms with van der Waals surface area (Å²) in [5.74, 6) is -2.04. The second-order valence-corrected chi connectivity index (χ2v) is 3.33. The molecule has 0 aromatic carbocycles. The maximum Gasteiger partial charge on any atom is 0.428 e. The minimum atomic E-state index is -4.84. The molecule has 8 heteroatoms. The summed E-state index contributed by atoms with van der Waals surface area (Å²) in [4.78, 5) is 3.75.